The fourth-order valence-corrected chi connectivity index (χ4v) is 3.96. The van der Waals surface area contributed by atoms with Crippen LogP contribution in [0.1, 0.15) is 38.8 Å². The molecule has 0 bridgehead atoms. The Bertz CT molecular complexity index is 960. The van der Waals surface area contributed by atoms with Gasteiger partial charge in [-0.2, -0.15) is 0 Å². The van der Waals surface area contributed by atoms with Gasteiger partial charge in [0.05, 0.1) is 17.7 Å². The van der Waals surface area contributed by atoms with Crippen LogP contribution in [0.3, 0.4) is 0 Å². The Hall–Kier alpha value is -2.54. The number of hydrogen-bond donors (Lipinski definition) is 2. The summed E-state index contributed by atoms with van der Waals surface area (Å²) >= 11 is 0. The normalized spacial score (nSPS) is 11.8. The summed E-state index contributed by atoms with van der Waals surface area (Å²) in [6, 6.07) is 10.2. The summed E-state index contributed by atoms with van der Waals surface area (Å²) in [6.45, 7) is 9.23. The predicted octanol–water partition coefficient (Wildman–Crippen LogP) is 4.06. The van der Waals surface area contributed by atoms with Gasteiger partial charge >= 0.3 is 0 Å². The number of carbonyl (C=O) groups excluding carboxylic acids is 1. The highest BCUT2D eigenvalue weighted by Gasteiger charge is 2.23. The minimum absolute atomic E-state index is 0.180. The molecule has 0 heterocycles. The van der Waals surface area contributed by atoms with Crippen molar-refractivity contribution in [3.8, 4) is 5.75 Å². The van der Waals surface area contributed by atoms with Crippen LogP contribution in [0.15, 0.2) is 41.3 Å². The average Bonchev–Trinajstić information content (AvgIpc) is 2.53. The van der Waals surface area contributed by atoms with Crippen LogP contribution in [-0.4, -0.2) is 21.4 Å². The van der Waals surface area contributed by atoms with Crippen LogP contribution in [0.2, 0.25) is 0 Å². The zero-order valence-corrected chi connectivity index (χ0v) is 17.3. The molecule has 0 radical (unpaired) electrons. The van der Waals surface area contributed by atoms with Gasteiger partial charge in [-0.25, -0.2) is 8.42 Å². The van der Waals surface area contributed by atoms with Crippen molar-refractivity contribution in [2.24, 2.45) is 0 Å². The summed E-state index contributed by atoms with van der Waals surface area (Å²) in [5, 5.41) is 2.63. The van der Waals surface area contributed by atoms with Gasteiger partial charge in [0.1, 0.15) is 5.75 Å². The Morgan fingerprint density at radius 3 is 2.30 bits per heavy atom. The van der Waals surface area contributed by atoms with E-state index in [2.05, 4.69) is 10.0 Å². The molecule has 0 spiro atoms. The van der Waals surface area contributed by atoms with Gasteiger partial charge < -0.3 is 10.1 Å². The number of nitrogens with one attached hydrogen (secondary N) is 2. The first-order valence-electron chi connectivity index (χ1n) is 8.53. The van der Waals surface area contributed by atoms with E-state index >= 15 is 0 Å². The number of carbonyl (C=O) groups is 1. The fourth-order valence-electron chi connectivity index (χ4n) is 2.62. The molecule has 0 aliphatic rings. The van der Waals surface area contributed by atoms with Crippen molar-refractivity contribution in [1.29, 1.82) is 0 Å². The maximum absolute atomic E-state index is 13.0. The molecule has 1 amide bonds. The predicted molar refractivity (Wildman–Crippen MR) is 108 cm³/mol. The molecule has 2 N–H and O–H groups in total. The summed E-state index contributed by atoms with van der Waals surface area (Å²) in [6.07, 6.45) is 0. The molecule has 0 saturated carbocycles. The zero-order chi connectivity index (χ0) is 20.4. The van der Waals surface area contributed by atoms with Crippen molar-refractivity contribution in [3.63, 3.8) is 0 Å². The van der Waals surface area contributed by atoms with Crippen LogP contribution < -0.4 is 14.8 Å². The molecule has 2 aromatic carbocycles. The second kappa shape index (κ2) is 7.60. The lowest BCUT2D eigenvalue weighted by molar-refractivity contribution is -0.114. The van der Waals surface area contributed by atoms with Crippen molar-refractivity contribution < 1.29 is 17.9 Å². The van der Waals surface area contributed by atoms with Gasteiger partial charge in [0.2, 0.25) is 5.91 Å². The van der Waals surface area contributed by atoms with Gasteiger partial charge in [0.25, 0.3) is 10.0 Å². The Morgan fingerprint density at radius 1 is 1.07 bits per heavy atom. The van der Waals surface area contributed by atoms with Crippen molar-refractivity contribution in [3.05, 3.63) is 47.5 Å². The summed E-state index contributed by atoms with van der Waals surface area (Å²) in [5.41, 5.74) is 2.12. The second-order valence-corrected chi connectivity index (χ2v) is 9.08. The first-order valence-corrected chi connectivity index (χ1v) is 10.0. The van der Waals surface area contributed by atoms with E-state index in [1.807, 2.05) is 26.8 Å². The van der Waals surface area contributed by atoms with E-state index in [9.17, 15) is 13.2 Å². The summed E-state index contributed by atoms with van der Waals surface area (Å²) < 4.78 is 33.9. The molecule has 7 heteroatoms. The quantitative estimate of drug-likeness (QED) is 0.806. The van der Waals surface area contributed by atoms with Crippen LogP contribution >= 0.6 is 0 Å². The maximum atomic E-state index is 13.0. The minimum atomic E-state index is -3.85. The Morgan fingerprint density at radius 2 is 1.74 bits per heavy atom. The molecule has 0 aliphatic carbocycles. The molecule has 0 fully saturated rings. The molecule has 27 heavy (non-hydrogen) atoms. The number of sulfonamides is 1. The molecular weight excluding hydrogens is 364 g/mol. The number of amides is 1. The van der Waals surface area contributed by atoms with E-state index in [1.165, 1.54) is 20.1 Å². The Kier molecular flexibility index (Phi) is 5.85. The van der Waals surface area contributed by atoms with Gasteiger partial charge in [0.15, 0.2) is 0 Å². The molecular formula is C20H26N2O4S. The SMILES string of the molecule is COc1ccc(NC(C)=O)cc1NS(=O)(=O)c1cc(C(C)(C)C)ccc1C. The van der Waals surface area contributed by atoms with Crippen LogP contribution in [0.5, 0.6) is 5.75 Å². The molecule has 146 valence electrons. The van der Waals surface area contributed by atoms with Crippen molar-refractivity contribution in [1.82, 2.24) is 0 Å². The lowest BCUT2D eigenvalue weighted by Gasteiger charge is -2.21. The van der Waals surface area contributed by atoms with Crippen LogP contribution in [0.25, 0.3) is 0 Å². The van der Waals surface area contributed by atoms with Crippen LogP contribution in [0, 0.1) is 6.92 Å². The van der Waals surface area contributed by atoms with Gasteiger partial charge in [-0.3, -0.25) is 9.52 Å². The number of methoxy groups -OCH3 is 1. The van der Waals surface area contributed by atoms with Crippen molar-refractivity contribution in [2.75, 3.05) is 17.1 Å². The van der Waals surface area contributed by atoms with E-state index < -0.39 is 10.0 Å². The third-order valence-corrected chi connectivity index (χ3v) is 5.62. The van der Waals surface area contributed by atoms with E-state index in [-0.39, 0.29) is 21.9 Å². The van der Waals surface area contributed by atoms with Gasteiger partial charge in [-0.05, 0) is 47.7 Å². The lowest BCUT2D eigenvalue weighted by Crippen LogP contribution is -2.18. The fraction of sp³-hybridized carbons (Fsp3) is 0.350. The molecule has 0 unspecified atom stereocenters. The zero-order valence-electron chi connectivity index (χ0n) is 16.5. The number of aryl methyl sites for hydroxylation is 1. The van der Waals surface area contributed by atoms with E-state index in [0.29, 0.717) is 17.0 Å². The molecule has 0 saturated heterocycles. The highest BCUT2D eigenvalue weighted by molar-refractivity contribution is 7.92. The average molecular weight is 391 g/mol. The minimum Gasteiger partial charge on any atom is -0.495 e. The summed E-state index contributed by atoms with van der Waals surface area (Å²) in [5.74, 6) is 0.111. The summed E-state index contributed by atoms with van der Waals surface area (Å²) in [4.78, 5) is 11.5. The highest BCUT2D eigenvalue weighted by Crippen LogP contribution is 2.32. The number of benzene rings is 2. The third-order valence-electron chi connectivity index (χ3n) is 4.11. The van der Waals surface area contributed by atoms with E-state index in [4.69, 9.17) is 4.74 Å². The third kappa shape index (κ3) is 5.01. The first kappa shape index (κ1) is 20.8. The monoisotopic (exact) mass is 390 g/mol. The highest BCUT2D eigenvalue weighted by atomic mass is 32.2. The van der Waals surface area contributed by atoms with Crippen LogP contribution in [-0.2, 0) is 20.2 Å². The topological polar surface area (TPSA) is 84.5 Å². The maximum Gasteiger partial charge on any atom is 0.262 e. The Labute approximate surface area is 161 Å². The van der Waals surface area contributed by atoms with Gasteiger partial charge in [-0.1, -0.05) is 32.9 Å². The standard InChI is InChI=1S/C20H26N2O4S/c1-13-7-8-15(20(3,4)5)11-19(13)27(24,25)22-17-12-16(21-14(2)23)9-10-18(17)26-6/h7-12,22H,1-6H3,(H,21,23). The van der Waals surface area contributed by atoms with Gasteiger partial charge in [-0.15, -0.1) is 0 Å². The number of ether oxygens (including phenoxy) is 1. The first-order chi connectivity index (χ1) is 12.4. The molecule has 0 atom stereocenters. The molecule has 2 rings (SSSR count). The number of anilines is 2. The van der Waals surface area contributed by atoms with E-state index in [1.54, 1.807) is 31.2 Å². The largest absolute Gasteiger partial charge is 0.495 e. The van der Waals surface area contributed by atoms with Crippen molar-refractivity contribution in [2.45, 2.75) is 44.9 Å². The van der Waals surface area contributed by atoms with E-state index in [0.717, 1.165) is 5.56 Å². The molecule has 0 aliphatic heterocycles. The molecule has 6 nitrogen and oxygen atoms in total. The Balaban J connectivity index is 2.49. The molecule has 0 aromatic heterocycles. The lowest BCUT2D eigenvalue weighted by atomic mass is 9.87. The molecule has 2 aromatic rings. The van der Waals surface area contributed by atoms with Gasteiger partial charge in [0, 0.05) is 12.6 Å². The van der Waals surface area contributed by atoms with Crippen molar-refractivity contribution >= 4 is 27.3 Å². The number of hydrogen-bond acceptors (Lipinski definition) is 4. The smallest absolute Gasteiger partial charge is 0.262 e. The van der Waals surface area contributed by atoms with Crippen LogP contribution in [0.4, 0.5) is 11.4 Å². The summed E-state index contributed by atoms with van der Waals surface area (Å²) in [7, 11) is -2.39. The second-order valence-electron chi connectivity index (χ2n) is 7.43. The number of rotatable bonds is 5.